The van der Waals surface area contributed by atoms with Gasteiger partial charge in [0, 0.05) is 6.20 Å². The molecule has 1 aromatic carbocycles. The molecule has 2 rings (SSSR count). The molecule has 0 unspecified atom stereocenters. The standard InChI is InChI=1S/C10H10ClN3/c1-7-5-13-14(6-7)10-8(11)3-2-4-9(10)12/h2-6H,12H2,1H3. The molecule has 1 aromatic heterocycles. The van der Waals surface area contributed by atoms with Gasteiger partial charge in [-0.3, -0.25) is 0 Å². The van der Waals surface area contributed by atoms with E-state index in [1.54, 1.807) is 23.0 Å². The zero-order chi connectivity index (χ0) is 10.1. The maximum Gasteiger partial charge on any atom is 0.106 e. The van der Waals surface area contributed by atoms with Crippen LogP contribution in [0.2, 0.25) is 5.02 Å². The molecule has 0 saturated heterocycles. The van der Waals surface area contributed by atoms with E-state index < -0.39 is 0 Å². The van der Waals surface area contributed by atoms with Crippen LogP contribution in [0.15, 0.2) is 30.6 Å². The second-order valence-corrected chi connectivity index (χ2v) is 3.55. The third-order valence-electron chi connectivity index (χ3n) is 1.96. The highest BCUT2D eigenvalue weighted by Crippen LogP contribution is 2.25. The fraction of sp³-hybridized carbons (Fsp3) is 0.100. The molecule has 0 atom stereocenters. The normalized spacial score (nSPS) is 10.4. The van der Waals surface area contributed by atoms with Crippen LogP contribution in [0.3, 0.4) is 0 Å². The van der Waals surface area contributed by atoms with Crippen LogP contribution in [0.25, 0.3) is 5.69 Å². The second kappa shape index (κ2) is 3.35. The molecule has 0 aliphatic carbocycles. The van der Waals surface area contributed by atoms with Crippen molar-refractivity contribution in [1.29, 1.82) is 0 Å². The molecule has 0 amide bonds. The van der Waals surface area contributed by atoms with Gasteiger partial charge in [0.15, 0.2) is 0 Å². The Morgan fingerprint density at radius 2 is 2.21 bits per heavy atom. The fourth-order valence-corrected chi connectivity index (χ4v) is 1.58. The van der Waals surface area contributed by atoms with E-state index >= 15 is 0 Å². The number of hydrogen-bond donors (Lipinski definition) is 1. The summed E-state index contributed by atoms with van der Waals surface area (Å²) in [5, 5.41) is 4.76. The van der Waals surface area contributed by atoms with E-state index in [1.165, 1.54) is 0 Å². The van der Waals surface area contributed by atoms with Gasteiger partial charge in [-0.25, -0.2) is 4.68 Å². The van der Waals surface area contributed by atoms with Gasteiger partial charge in [0.2, 0.25) is 0 Å². The Hall–Kier alpha value is -1.48. The van der Waals surface area contributed by atoms with Crippen molar-refractivity contribution in [3.05, 3.63) is 41.2 Å². The van der Waals surface area contributed by atoms with Crippen LogP contribution in [0, 0.1) is 6.92 Å². The summed E-state index contributed by atoms with van der Waals surface area (Å²) in [5.41, 5.74) is 8.25. The number of rotatable bonds is 1. The Bertz CT molecular complexity index is 442. The zero-order valence-electron chi connectivity index (χ0n) is 7.74. The SMILES string of the molecule is Cc1cnn(-c2c(N)cccc2Cl)c1. The number of nitrogen functional groups attached to an aromatic ring is 1. The molecule has 0 fully saturated rings. The number of para-hydroxylation sites is 1. The summed E-state index contributed by atoms with van der Waals surface area (Å²) >= 11 is 6.03. The molecule has 3 nitrogen and oxygen atoms in total. The van der Waals surface area contributed by atoms with Crippen LogP contribution in [0.1, 0.15) is 5.56 Å². The number of halogens is 1. The summed E-state index contributed by atoms with van der Waals surface area (Å²) in [7, 11) is 0. The van der Waals surface area contributed by atoms with Gasteiger partial charge in [0.05, 0.1) is 16.9 Å². The fourth-order valence-electron chi connectivity index (χ4n) is 1.31. The van der Waals surface area contributed by atoms with Gasteiger partial charge < -0.3 is 5.73 Å². The summed E-state index contributed by atoms with van der Waals surface area (Å²) in [6.45, 7) is 1.97. The predicted octanol–water partition coefficient (Wildman–Crippen LogP) is 2.42. The number of anilines is 1. The van der Waals surface area contributed by atoms with Gasteiger partial charge in [-0.15, -0.1) is 0 Å². The van der Waals surface area contributed by atoms with Crippen molar-refractivity contribution in [3.63, 3.8) is 0 Å². The smallest absolute Gasteiger partial charge is 0.106 e. The molecule has 2 N–H and O–H groups in total. The van der Waals surface area contributed by atoms with Gasteiger partial charge in [-0.2, -0.15) is 5.10 Å². The van der Waals surface area contributed by atoms with E-state index in [-0.39, 0.29) is 0 Å². The average molecular weight is 208 g/mol. The second-order valence-electron chi connectivity index (χ2n) is 3.14. The quantitative estimate of drug-likeness (QED) is 0.730. The molecular weight excluding hydrogens is 198 g/mol. The van der Waals surface area contributed by atoms with Crippen LogP contribution in [0.4, 0.5) is 5.69 Å². The summed E-state index contributed by atoms with van der Waals surface area (Å²) in [4.78, 5) is 0. The Balaban J connectivity index is 2.61. The largest absolute Gasteiger partial charge is 0.397 e. The van der Waals surface area contributed by atoms with Crippen molar-refractivity contribution in [2.45, 2.75) is 6.92 Å². The lowest BCUT2D eigenvalue weighted by Crippen LogP contribution is -2.00. The molecule has 14 heavy (non-hydrogen) atoms. The average Bonchev–Trinajstić information content (AvgIpc) is 2.51. The van der Waals surface area contributed by atoms with Gasteiger partial charge >= 0.3 is 0 Å². The molecule has 4 heteroatoms. The maximum absolute atomic E-state index is 6.03. The highest BCUT2D eigenvalue weighted by atomic mass is 35.5. The molecule has 0 spiro atoms. The van der Waals surface area contributed by atoms with Crippen LogP contribution < -0.4 is 5.73 Å². The van der Waals surface area contributed by atoms with E-state index in [0.717, 1.165) is 11.3 Å². The van der Waals surface area contributed by atoms with E-state index in [9.17, 15) is 0 Å². The van der Waals surface area contributed by atoms with Crippen molar-refractivity contribution in [1.82, 2.24) is 9.78 Å². The zero-order valence-corrected chi connectivity index (χ0v) is 8.49. The van der Waals surface area contributed by atoms with Crippen LogP contribution >= 0.6 is 11.6 Å². The Morgan fingerprint density at radius 1 is 1.43 bits per heavy atom. The topological polar surface area (TPSA) is 43.8 Å². The molecule has 0 aliphatic heterocycles. The third kappa shape index (κ3) is 1.46. The first-order valence-corrected chi connectivity index (χ1v) is 4.62. The highest BCUT2D eigenvalue weighted by Gasteiger charge is 2.06. The van der Waals surface area contributed by atoms with E-state index in [1.807, 2.05) is 19.2 Å². The number of aromatic nitrogens is 2. The van der Waals surface area contributed by atoms with E-state index in [2.05, 4.69) is 5.10 Å². The molecule has 72 valence electrons. The van der Waals surface area contributed by atoms with Gasteiger partial charge in [-0.1, -0.05) is 17.7 Å². The van der Waals surface area contributed by atoms with Gasteiger partial charge in [0.1, 0.15) is 5.69 Å². The minimum atomic E-state index is 0.605. The number of aryl methyl sites for hydroxylation is 1. The molecule has 0 saturated carbocycles. The lowest BCUT2D eigenvalue weighted by atomic mass is 10.3. The molecule has 1 heterocycles. The molecular formula is C10H10ClN3. The highest BCUT2D eigenvalue weighted by molar-refractivity contribution is 6.32. The Labute approximate surface area is 87.1 Å². The van der Waals surface area contributed by atoms with Crippen molar-refractivity contribution >= 4 is 17.3 Å². The summed E-state index contributed by atoms with van der Waals surface area (Å²) < 4.78 is 1.69. The maximum atomic E-state index is 6.03. The Kier molecular flexibility index (Phi) is 2.17. The number of nitrogens with zero attached hydrogens (tertiary/aromatic N) is 2. The lowest BCUT2D eigenvalue weighted by molar-refractivity contribution is 0.883. The first-order valence-electron chi connectivity index (χ1n) is 4.24. The van der Waals surface area contributed by atoms with Crippen LogP contribution in [0.5, 0.6) is 0 Å². The molecule has 0 bridgehead atoms. The summed E-state index contributed by atoms with van der Waals surface area (Å²) in [5.74, 6) is 0. The van der Waals surface area contributed by atoms with Crippen molar-refractivity contribution in [2.75, 3.05) is 5.73 Å². The predicted molar refractivity (Wildman–Crippen MR) is 57.7 cm³/mol. The minimum absolute atomic E-state index is 0.605. The first-order chi connectivity index (χ1) is 6.68. The summed E-state index contributed by atoms with van der Waals surface area (Å²) in [6, 6.07) is 5.42. The van der Waals surface area contributed by atoms with Crippen molar-refractivity contribution < 1.29 is 0 Å². The monoisotopic (exact) mass is 207 g/mol. The number of benzene rings is 1. The van der Waals surface area contributed by atoms with Crippen molar-refractivity contribution in [2.24, 2.45) is 0 Å². The van der Waals surface area contributed by atoms with E-state index in [4.69, 9.17) is 17.3 Å². The number of nitrogens with two attached hydrogens (primary N) is 1. The lowest BCUT2D eigenvalue weighted by Gasteiger charge is -2.06. The van der Waals surface area contributed by atoms with Gasteiger partial charge in [0.25, 0.3) is 0 Å². The third-order valence-corrected chi connectivity index (χ3v) is 2.26. The number of hydrogen-bond acceptors (Lipinski definition) is 2. The summed E-state index contributed by atoms with van der Waals surface area (Å²) in [6.07, 6.45) is 3.65. The van der Waals surface area contributed by atoms with Crippen LogP contribution in [-0.4, -0.2) is 9.78 Å². The molecule has 0 aliphatic rings. The van der Waals surface area contributed by atoms with E-state index in [0.29, 0.717) is 10.7 Å². The molecule has 2 aromatic rings. The minimum Gasteiger partial charge on any atom is -0.397 e. The first kappa shape index (κ1) is 9.09. The van der Waals surface area contributed by atoms with Crippen LogP contribution in [-0.2, 0) is 0 Å². The van der Waals surface area contributed by atoms with Gasteiger partial charge in [-0.05, 0) is 24.6 Å². The van der Waals surface area contributed by atoms with Crippen molar-refractivity contribution in [3.8, 4) is 5.69 Å². The molecule has 0 radical (unpaired) electrons. The Morgan fingerprint density at radius 3 is 2.79 bits per heavy atom.